The number of hydrogen-bond donors (Lipinski definition) is 2. The highest BCUT2D eigenvalue weighted by molar-refractivity contribution is 5.95. The summed E-state index contributed by atoms with van der Waals surface area (Å²) < 4.78 is 5.28. The van der Waals surface area contributed by atoms with E-state index in [0.717, 1.165) is 26.1 Å². The first kappa shape index (κ1) is 14.5. The molecule has 1 aromatic carbocycles. The number of nitrogens with one attached hydrogen (secondary N) is 2. The first-order valence-corrected chi connectivity index (χ1v) is 6.89. The van der Waals surface area contributed by atoms with E-state index in [-0.39, 0.29) is 11.8 Å². The molecule has 0 saturated carbocycles. The molecule has 0 atom stereocenters. The predicted octanol–water partition coefficient (Wildman–Crippen LogP) is 2.44. The molecule has 2 rings (SSSR count). The average molecular weight is 276 g/mol. The van der Waals surface area contributed by atoms with E-state index in [1.54, 1.807) is 24.3 Å². The van der Waals surface area contributed by atoms with Crippen molar-refractivity contribution in [1.29, 1.82) is 0 Å². The maximum Gasteiger partial charge on any atom is 0.319 e. The van der Waals surface area contributed by atoms with E-state index in [2.05, 4.69) is 10.6 Å². The van der Waals surface area contributed by atoms with Crippen LogP contribution in [0.15, 0.2) is 24.3 Å². The highest BCUT2D eigenvalue weighted by Gasteiger charge is 2.14. The van der Waals surface area contributed by atoms with Crippen molar-refractivity contribution >= 4 is 17.5 Å². The number of carbonyl (C=O) groups is 2. The van der Waals surface area contributed by atoms with Crippen molar-refractivity contribution in [3.8, 4) is 0 Å². The first-order valence-electron chi connectivity index (χ1n) is 6.89. The number of ether oxygens (including phenoxy) is 1. The highest BCUT2D eigenvalue weighted by atomic mass is 16.5. The third kappa shape index (κ3) is 4.35. The van der Waals surface area contributed by atoms with E-state index in [9.17, 15) is 9.59 Å². The lowest BCUT2D eigenvalue weighted by atomic mass is 10.0. The maximum absolute atomic E-state index is 11.8. The van der Waals surface area contributed by atoms with Gasteiger partial charge in [0.1, 0.15) is 0 Å². The van der Waals surface area contributed by atoms with E-state index in [4.69, 9.17) is 4.74 Å². The summed E-state index contributed by atoms with van der Waals surface area (Å²) in [4.78, 5) is 22.9. The summed E-state index contributed by atoms with van der Waals surface area (Å²) in [7, 11) is 0. The lowest BCUT2D eigenvalue weighted by Gasteiger charge is -2.22. The largest absolute Gasteiger partial charge is 0.381 e. The van der Waals surface area contributed by atoms with Gasteiger partial charge in [0.05, 0.1) is 0 Å². The van der Waals surface area contributed by atoms with Crippen LogP contribution in [0.4, 0.5) is 10.5 Å². The van der Waals surface area contributed by atoms with Gasteiger partial charge in [-0.1, -0.05) is 0 Å². The smallest absolute Gasteiger partial charge is 0.319 e. The average Bonchev–Trinajstić information content (AvgIpc) is 2.47. The number of urea groups is 1. The summed E-state index contributed by atoms with van der Waals surface area (Å²) in [6, 6.07) is 6.65. The van der Waals surface area contributed by atoms with Crippen LogP contribution in [0.1, 0.15) is 30.1 Å². The molecule has 1 heterocycles. The Bertz CT molecular complexity index is 465. The lowest BCUT2D eigenvalue weighted by molar-refractivity contribution is 0.0671. The van der Waals surface area contributed by atoms with Crippen LogP contribution >= 0.6 is 0 Å². The number of amides is 2. The third-order valence-corrected chi connectivity index (χ3v) is 3.44. The molecule has 20 heavy (non-hydrogen) atoms. The Hall–Kier alpha value is -1.88. The third-order valence-electron chi connectivity index (χ3n) is 3.44. The number of hydrogen-bond acceptors (Lipinski definition) is 3. The number of benzene rings is 1. The highest BCUT2D eigenvalue weighted by Crippen LogP contribution is 2.13. The van der Waals surface area contributed by atoms with Crippen LogP contribution in [-0.4, -0.2) is 31.6 Å². The molecular weight excluding hydrogens is 256 g/mol. The van der Waals surface area contributed by atoms with E-state index < -0.39 is 0 Å². The number of rotatable bonds is 4. The second-order valence-electron chi connectivity index (χ2n) is 5.02. The Morgan fingerprint density at radius 3 is 2.45 bits per heavy atom. The van der Waals surface area contributed by atoms with E-state index in [1.807, 2.05) is 0 Å². The van der Waals surface area contributed by atoms with Crippen molar-refractivity contribution in [2.45, 2.75) is 19.8 Å². The molecule has 1 aromatic rings. The minimum Gasteiger partial charge on any atom is -0.381 e. The summed E-state index contributed by atoms with van der Waals surface area (Å²) in [6.07, 6.45) is 1.99. The molecule has 1 aliphatic rings. The van der Waals surface area contributed by atoms with Gasteiger partial charge in [-0.3, -0.25) is 4.79 Å². The van der Waals surface area contributed by atoms with E-state index >= 15 is 0 Å². The van der Waals surface area contributed by atoms with Crippen LogP contribution < -0.4 is 10.6 Å². The minimum atomic E-state index is -0.216. The van der Waals surface area contributed by atoms with E-state index in [0.29, 0.717) is 23.7 Å². The quantitative estimate of drug-likeness (QED) is 0.830. The van der Waals surface area contributed by atoms with Crippen molar-refractivity contribution in [2.75, 3.05) is 25.1 Å². The van der Waals surface area contributed by atoms with Crippen LogP contribution in [0.2, 0.25) is 0 Å². The van der Waals surface area contributed by atoms with Crippen molar-refractivity contribution in [2.24, 2.45) is 5.92 Å². The summed E-state index contributed by atoms with van der Waals surface area (Å²) in [5.74, 6) is 0.509. The minimum absolute atomic E-state index is 0.0144. The molecular formula is C15H20N2O3. The van der Waals surface area contributed by atoms with Crippen molar-refractivity contribution in [3.05, 3.63) is 29.8 Å². The van der Waals surface area contributed by atoms with Gasteiger partial charge < -0.3 is 15.4 Å². The van der Waals surface area contributed by atoms with Crippen LogP contribution in [0.3, 0.4) is 0 Å². The molecule has 1 aliphatic heterocycles. The molecule has 108 valence electrons. The summed E-state index contributed by atoms with van der Waals surface area (Å²) in [6.45, 7) is 3.74. The Labute approximate surface area is 118 Å². The standard InChI is InChI=1S/C15H20N2O3/c1-11(18)13-2-4-14(5-3-13)17-15(19)16-10-12-6-8-20-9-7-12/h2-5,12H,6-10H2,1H3,(H2,16,17,19). The van der Waals surface area contributed by atoms with Crippen LogP contribution in [-0.2, 0) is 4.74 Å². The molecule has 0 aromatic heterocycles. The monoisotopic (exact) mass is 276 g/mol. The van der Waals surface area contributed by atoms with Gasteiger partial charge in [-0.2, -0.15) is 0 Å². The molecule has 0 bridgehead atoms. The maximum atomic E-state index is 11.8. The van der Waals surface area contributed by atoms with Gasteiger partial charge in [-0.05, 0) is 49.9 Å². The summed E-state index contributed by atoms with van der Waals surface area (Å²) >= 11 is 0. The molecule has 1 fully saturated rings. The number of carbonyl (C=O) groups excluding carboxylic acids is 2. The van der Waals surface area contributed by atoms with Gasteiger partial charge in [-0.15, -0.1) is 0 Å². The lowest BCUT2D eigenvalue weighted by Crippen LogP contribution is -2.35. The number of Topliss-reactive ketones (excluding diaryl/α,β-unsaturated/α-hetero) is 1. The van der Waals surface area contributed by atoms with Crippen LogP contribution in [0.5, 0.6) is 0 Å². The zero-order chi connectivity index (χ0) is 14.4. The molecule has 0 spiro atoms. The molecule has 0 radical (unpaired) electrons. The second kappa shape index (κ2) is 7.05. The van der Waals surface area contributed by atoms with E-state index in [1.165, 1.54) is 6.92 Å². The van der Waals surface area contributed by atoms with Crippen molar-refractivity contribution in [3.63, 3.8) is 0 Å². The van der Waals surface area contributed by atoms with Gasteiger partial charge in [-0.25, -0.2) is 4.79 Å². The zero-order valence-electron chi connectivity index (χ0n) is 11.6. The normalized spacial score (nSPS) is 15.7. The van der Waals surface area contributed by atoms with Gasteiger partial charge in [0.15, 0.2) is 5.78 Å². The Morgan fingerprint density at radius 2 is 1.85 bits per heavy atom. The van der Waals surface area contributed by atoms with Gasteiger partial charge in [0.25, 0.3) is 0 Å². The van der Waals surface area contributed by atoms with Crippen LogP contribution in [0, 0.1) is 5.92 Å². The Morgan fingerprint density at radius 1 is 1.20 bits per heavy atom. The molecule has 0 unspecified atom stereocenters. The van der Waals surface area contributed by atoms with Crippen molar-refractivity contribution in [1.82, 2.24) is 5.32 Å². The Kier molecular flexibility index (Phi) is 5.12. The number of anilines is 1. The fourth-order valence-corrected chi connectivity index (χ4v) is 2.15. The second-order valence-corrected chi connectivity index (χ2v) is 5.02. The molecule has 5 nitrogen and oxygen atoms in total. The predicted molar refractivity (Wildman–Crippen MR) is 77.0 cm³/mol. The molecule has 2 amide bonds. The summed E-state index contributed by atoms with van der Waals surface area (Å²) in [5.41, 5.74) is 1.32. The van der Waals surface area contributed by atoms with Gasteiger partial charge in [0, 0.05) is 31.0 Å². The molecule has 0 aliphatic carbocycles. The molecule has 2 N–H and O–H groups in total. The van der Waals surface area contributed by atoms with Gasteiger partial charge in [0.2, 0.25) is 0 Å². The van der Waals surface area contributed by atoms with Gasteiger partial charge >= 0.3 is 6.03 Å². The molecule has 5 heteroatoms. The first-order chi connectivity index (χ1) is 9.65. The molecule has 1 saturated heterocycles. The Balaban J connectivity index is 1.77. The summed E-state index contributed by atoms with van der Waals surface area (Å²) in [5, 5.41) is 5.62. The number of ketones is 1. The zero-order valence-corrected chi connectivity index (χ0v) is 11.6. The van der Waals surface area contributed by atoms with Crippen LogP contribution in [0.25, 0.3) is 0 Å². The topological polar surface area (TPSA) is 67.4 Å². The van der Waals surface area contributed by atoms with Crippen molar-refractivity contribution < 1.29 is 14.3 Å². The fourth-order valence-electron chi connectivity index (χ4n) is 2.15. The SMILES string of the molecule is CC(=O)c1ccc(NC(=O)NCC2CCOCC2)cc1. The fraction of sp³-hybridized carbons (Fsp3) is 0.467.